The summed E-state index contributed by atoms with van der Waals surface area (Å²) < 4.78 is 15.8. The number of hydrogen-bond donors (Lipinski definition) is 1. The predicted octanol–water partition coefficient (Wildman–Crippen LogP) is 7.32. The molecule has 6 rings (SSSR count). The van der Waals surface area contributed by atoms with Crippen molar-refractivity contribution in [1.29, 1.82) is 0 Å². The van der Waals surface area contributed by atoms with Crippen molar-refractivity contribution in [2.45, 2.75) is 19.6 Å². The number of nitrogens with zero attached hydrogens (tertiary/aromatic N) is 2. The minimum atomic E-state index is -0.732. The van der Waals surface area contributed by atoms with E-state index in [-0.39, 0.29) is 18.1 Å². The van der Waals surface area contributed by atoms with Crippen molar-refractivity contribution < 1.29 is 14.3 Å². The lowest BCUT2D eigenvalue weighted by molar-refractivity contribution is -0.113. The number of anilines is 1. The number of amides is 1. The molecule has 1 atom stereocenters. The Kier molecular flexibility index (Phi) is 9.97. The standard InChI is InChI=1S/C35H26ClI2N3O4S/c1-20-30(33(42)40-25-11-4-3-5-12-25)31(21-10-8-13-26(16-21)44-2)41-34(43)29(46-35(41)39-20)17-23-15-24(37)18-28(38)32(23)45-19-22-9-6-7-14-27(22)36/h3-18,31H,19H2,1-2H3,(H,40,42)/b29-17-/t31-/m0/s1. The summed E-state index contributed by atoms with van der Waals surface area (Å²) >= 11 is 12.2. The zero-order valence-electron chi connectivity index (χ0n) is 24.6. The van der Waals surface area contributed by atoms with Crippen LogP contribution in [0, 0.1) is 7.14 Å². The fraction of sp³-hybridized carbons (Fsp3) is 0.114. The van der Waals surface area contributed by atoms with Crippen LogP contribution < -0.4 is 29.7 Å². The smallest absolute Gasteiger partial charge is 0.271 e. The van der Waals surface area contributed by atoms with Gasteiger partial charge in [0.15, 0.2) is 4.80 Å². The van der Waals surface area contributed by atoms with E-state index in [9.17, 15) is 9.59 Å². The van der Waals surface area contributed by atoms with Gasteiger partial charge in [-0.2, -0.15) is 0 Å². The molecule has 1 aromatic heterocycles. The molecule has 7 nitrogen and oxygen atoms in total. The van der Waals surface area contributed by atoms with E-state index in [0.717, 1.165) is 23.8 Å². The molecule has 2 heterocycles. The Balaban J connectivity index is 1.48. The number of benzene rings is 4. The van der Waals surface area contributed by atoms with Crippen molar-refractivity contribution in [3.05, 3.63) is 151 Å². The number of ether oxygens (including phenoxy) is 2. The molecule has 0 radical (unpaired) electrons. The number of carbonyl (C=O) groups is 1. The largest absolute Gasteiger partial charge is 0.497 e. The lowest BCUT2D eigenvalue weighted by Gasteiger charge is -2.25. The highest BCUT2D eigenvalue weighted by molar-refractivity contribution is 14.1. The van der Waals surface area contributed by atoms with Gasteiger partial charge in [0.05, 0.1) is 32.5 Å². The Morgan fingerprint density at radius 3 is 2.57 bits per heavy atom. The number of carbonyl (C=O) groups excluding carboxylic acids is 1. The van der Waals surface area contributed by atoms with Gasteiger partial charge in [-0.15, -0.1) is 0 Å². The molecule has 0 spiro atoms. The van der Waals surface area contributed by atoms with E-state index >= 15 is 0 Å². The van der Waals surface area contributed by atoms with Gasteiger partial charge in [0.25, 0.3) is 11.5 Å². The maximum absolute atomic E-state index is 14.3. The van der Waals surface area contributed by atoms with Crippen LogP contribution in [0.2, 0.25) is 5.02 Å². The molecule has 232 valence electrons. The molecular formula is C35H26ClI2N3O4S. The zero-order chi connectivity index (χ0) is 32.4. The molecule has 5 aromatic rings. The second-order valence-electron chi connectivity index (χ2n) is 10.4. The van der Waals surface area contributed by atoms with Crippen LogP contribution in [0.3, 0.4) is 0 Å². The van der Waals surface area contributed by atoms with Crippen LogP contribution in [0.4, 0.5) is 5.69 Å². The van der Waals surface area contributed by atoms with E-state index in [2.05, 4.69) is 50.5 Å². The minimum absolute atomic E-state index is 0.264. The van der Waals surface area contributed by atoms with E-state index in [1.807, 2.05) is 97.1 Å². The Morgan fingerprint density at radius 2 is 1.80 bits per heavy atom. The molecule has 1 aliphatic heterocycles. The molecule has 0 saturated carbocycles. The fourth-order valence-corrected chi connectivity index (χ4v) is 8.48. The summed E-state index contributed by atoms with van der Waals surface area (Å²) in [6.07, 6.45) is 1.84. The molecule has 1 amide bonds. The summed E-state index contributed by atoms with van der Waals surface area (Å²) in [6, 6.07) is 27.4. The van der Waals surface area contributed by atoms with E-state index < -0.39 is 6.04 Å². The number of methoxy groups -OCH3 is 1. The van der Waals surface area contributed by atoms with Crippen LogP contribution in [0.5, 0.6) is 11.5 Å². The molecule has 0 bridgehead atoms. The number of para-hydroxylation sites is 1. The molecule has 4 aromatic carbocycles. The monoisotopic (exact) mass is 873 g/mol. The van der Waals surface area contributed by atoms with Crippen molar-refractivity contribution in [3.63, 3.8) is 0 Å². The lowest BCUT2D eigenvalue weighted by atomic mass is 9.95. The third-order valence-corrected chi connectivity index (χ3v) is 10.1. The van der Waals surface area contributed by atoms with E-state index in [1.54, 1.807) is 18.6 Å². The highest BCUT2D eigenvalue weighted by Crippen LogP contribution is 2.33. The fourth-order valence-electron chi connectivity index (χ4n) is 5.21. The highest BCUT2D eigenvalue weighted by Gasteiger charge is 2.33. The molecule has 0 aliphatic carbocycles. The molecular weight excluding hydrogens is 848 g/mol. The summed E-state index contributed by atoms with van der Waals surface area (Å²) in [4.78, 5) is 33.5. The first-order chi connectivity index (χ1) is 22.2. The first-order valence-corrected chi connectivity index (χ1v) is 17.5. The van der Waals surface area contributed by atoms with Gasteiger partial charge in [-0.25, -0.2) is 4.99 Å². The Hall–Kier alpha value is -3.46. The van der Waals surface area contributed by atoms with E-state index in [1.165, 1.54) is 11.3 Å². The van der Waals surface area contributed by atoms with Crippen molar-refractivity contribution >= 4 is 85.8 Å². The lowest BCUT2D eigenvalue weighted by Crippen LogP contribution is -2.40. The van der Waals surface area contributed by atoms with Crippen LogP contribution in [-0.2, 0) is 11.4 Å². The molecule has 0 fully saturated rings. The topological polar surface area (TPSA) is 81.9 Å². The van der Waals surface area contributed by atoms with Gasteiger partial charge in [-0.1, -0.05) is 71.5 Å². The molecule has 0 unspecified atom stereocenters. The van der Waals surface area contributed by atoms with Crippen LogP contribution >= 0.6 is 68.1 Å². The van der Waals surface area contributed by atoms with Gasteiger partial charge in [0, 0.05) is 25.4 Å². The van der Waals surface area contributed by atoms with E-state index in [0.29, 0.717) is 42.8 Å². The number of rotatable bonds is 8. The van der Waals surface area contributed by atoms with Crippen LogP contribution in [0.1, 0.15) is 29.7 Å². The maximum Gasteiger partial charge on any atom is 0.271 e. The molecule has 1 N–H and O–H groups in total. The summed E-state index contributed by atoms with van der Waals surface area (Å²) in [5.41, 5.74) is 3.63. The molecule has 0 saturated heterocycles. The summed E-state index contributed by atoms with van der Waals surface area (Å²) in [5.74, 6) is 0.929. The van der Waals surface area contributed by atoms with Crippen molar-refractivity contribution in [2.24, 2.45) is 4.99 Å². The number of thiazole rings is 1. The number of allylic oxidation sites excluding steroid dienone is 1. The number of fused-ring (bicyclic) bond motifs is 1. The molecule has 11 heteroatoms. The Labute approximate surface area is 301 Å². The second-order valence-corrected chi connectivity index (χ2v) is 14.2. The second kappa shape index (κ2) is 14.1. The number of nitrogens with one attached hydrogen (secondary N) is 1. The average Bonchev–Trinajstić information content (AvgIpc) is 3.34. The van der Waals surface area contributed by atoms with Crippen LogP contribution in [0.25, 0.3) is 6.08 Å². The first-order valence-electron chi connectivity index (χ1n) is 14.1. The van der Waals surface area contributed by atoms with Gasteiger partial charge in [0.2, 0.25) is 0 Å². The molecule has 1 aliphatic rings. The van der Waals surface area contributed by atoms with Crippen molar-refractivity contribution in [2.75, 3.05) is 12.4 Å². The normalized spacial score (nSPS) is 14.5. The first kappa shape index (κ1) is 32.5. The van der Waals surface area contributed by atoms with Gasteiger partial charge < -0.3 is 14.8 Å². The van der Waals surface area contributed by atoms with Gasteiger partial charge >= 0.3 is 0 Å². The number of halogens is 3. The zero-order valence-corrected chi connectivity index (χ0v) is 30.5. The SMILES string of the molecule is COc1cccc([C@H]2C(C(=O)Nc3ccccc3)=C(C)N=c3s/c(=C\c4cc(I)cc(I)c4OCc4ccccc4Cl)c(=O)n32)c1. The predicted molar refractivity (Wildman–Crippen MR) is 199 cm³/mol. The summed E-state index contributed by atoms with van der Waals surface area (Å²) in [5, 5.41) is 3.61. The van der Waals surface area contributed by atoms with Crippen LogP contribution in [0.15, 0.2) is 112 Å². The highest BCUT2D eigenvalue weighted by atomic mass is 127. The number of aromatic nitrogens is 1. The third kappa shape index (κ3) is 6.80. The Morgan fingerprint density at radius 1 is 1.04 bits per heavy atom. The van der Waals surface area contributed by atoms with Crippen LogP contribution in [-0.4, -0.2) is 17.6 Å². The summed E-state index contributed by atoms with van der Waals surface area (Å²) in [7, 11) is 1.59. The van der Waals surface area contributed by atoms with Crippen molar-refractivity contribution in [1.82, 2.24) is 4.57 Å². The summed E-state index contributed by atoms with van der Waals surface area (Å²) in [6.45, 7) is 2.07. The van der Waals surface area contributed by atoms with E-state index in [4.69, 9.17) is 26.1 Å². The van der Waals surface area contributed by atoms with Gasteiger partial charge in [-0.3, -0.25) is 14.2 Å². The number of hydrogen-bond acceptors (Lipinski definition) is 6. The maximum atomic E-state index is 14.3. The van der Waals surface area contributed by atoms with Gasteiger partial charge in [-0.05, 0) is 106 Å². The third-order valence-electron chi connectivity index (χ3n) is 7.36. The molecule has 46 heavy (non-hydrogen) atoms. The van der Waals surface area contributed by atoms with Gasteiger partial charge in [0.1, 0.15) is 18.1 Å². The average molecular weight is 874 g/mol. The van der Waals surface area contributed by atoms with Crippen molar-refractivity contribution in [3.8, 4) is 11.5 Å². The Bertz CT molecular complexity index is 2180. The quantitative estimate of drug-likeness (QED) is 0.166. The minimum Gasteiger partial charge on any atom is -0.497 e.